The maximum absolute atomic E-state index is 11.2. The molecule has 92 valence electrons. The van der Waals surface area contributed by atoms with Crippen molar-refractivity contribution in [3.8, 4) is 5.88 Å². The molecule has 1 N–H and O–H groups in total. The number of allylic oxidation sites excluding steroid dienone is 1. The minimum Gasteiger partial charge on any atom is -0.477 e. The van der Waals surface area contributed by atoms with E-state index in [1.54, 1.807) is 12.1 Å². The van der Waals surface area contributed by atoms with Crippen molar-refractivity contribution < 1.29 is 14.6 Å². The van der Waals surface area contributed by atoms with E-state index < -0.39 is 5.97 Å². The van der Waals surface area contributed by atoms with Gasteiger partial charge in [-0.1, -0.05) is 30.4 Å². The second-order valence-corrected chi connectivity index (χ2v) is 3.72. The molecule has 0 saturated carbocycles. The molecule has 0 atom stereocenters. The number of fused-ring (bicyclic) bond motifs is 1. The fourth-order valence-corrected chi connectivity index (χ4v) is 1.58. The molecular weight excluding hydrogens is 230 g/mol. The van der Waals surface area contributed by atoms with Crippen molar-refractivity contribution in [2.45, 2.75) is 6.92 Å². The van der Waals surface area contributed by atoms with Crippen LogP contribution in [-0.2, 0) is 0 Å². The number of hydrogen-bond donors (Lipinski definition) is 1. The van der Waals surface area contributed by atoms with Gasteiger partial charge in [0.2, 0.25) is 5.88 Å². The van der Waals surface area contributed by atoms with Crippen LogP contribution in [0.25, 0.3) is 10.9 Å². The Bertz CT molecular complexity index is 605. The third-order valence-corrected chi connectivity index (χ3v) is 2.47. The number of para-hydroxylation sites is 1. The number of pyridine rings is 1. The van der Waals surface area contributed by atoms with Crippen LogP contribution in [0.2, 0.25) is 0 Å². The molecule has 0 bridgehead atoms. The van der Waals surface area contributed by atoms with Gasteiger partial charge in [-0.3, -0.25) is 0 Å². The quantitative estimate of drug-likeness (QED) is 0.839. The standard InChI is InChI=1S/C14H13NO3/c1-2-3-8-18-13-11(14(16)17)9-10-6-4-5-7-12(10)15-13/h2-7,9H,8H2,1H3,(H,16,17). The fourth-order valence-electron chi connectivity index (χ4n) is 1.58. The van der Waals surface area contributed by atoms with E-state index in [-0.39, 0.29) is 11.4 Å². The zero-order chi connectivity index (χ0) is 13.0. The lowest BCUT2D eigenvalue weighted by molar-refractivity contribution is 0.0692. The summed E-state index contributed by atoms with van der Waals surface area (Å²) < 4.78 is 5.37. The average Bonchev–Trinajstić information content (AvgIpc) is 2.38. The molecule has 0 fully saturated rings. The van der Waals surface area contributed by atoms with Gasteiger partial charge in [0.1, 0.15) is 12.2 Å². The van der Waals surface area contributed by atoms with Crippen LogP contribution in [0.3, 0.4) is 0 Å². The number of nitrogens with zero attached hydrogens (tertiary/aromatic N) is 1. The van der Waals surface area contributed by atoms with Gasteiger partial charge in [-0.25, -0.2) is 9.78 Å². The number of carbonyl (C=O) groups is 1. The summed E-state index contributed by atoms with van der Waals surface area (Å²) in [5, 5.41) is 9.93. The monoisotopic (exact) mass is 243 g/mol. The first-order valence-electron chi connectivity index (χ1n) is 5.59. The fraction of sp³-hybridized carbons (Fsp3) is 0.143. The van der Waals surface area contributed by atoms with Crippen molar-refractivity contribution in [2.75, 3.05) is 6.61 Å². The Hall–Kier alpha value is -2.36. The Morgan fingerprint density at radius 3 is 2.94 bits per heavy atom. The van der Waals surface area contributed by atoms with Crippen LogP contribution in [0.15, 0.2) is 42.5 Å². The molecule has 0 aliphatic carbocycles. The smallest absolute Gasteiger partial charge is 0.341 e. The second kappa shape index (κ2) is 5.31. The number of ether oxygens (including phenoxy) is 1. The van der Waals surface area contributed by atoms with E-state index in [0.29, 0.717) is 6.61 Å². The second-order valence-electron chi connectivity index (χ2n) is 3.72. The number of benzene rings is 1. The number of rotatable bonds is 4. The maximum Gasteiger partial charge on any atom is 0.341 e. The van der Waals surface area contributed by atoms with E-state index in [0.717, 1.165) is 10.9 Å². The Kier molecular flexibility index (Phi) is 3.57. The molecule has 2 aromatic rings. The SMILES string of the molecule is CC=CCOc1nc2ccccc2cc1C(=O)O. The minimum absolute atomic E-state index is 0.0817. The highest BCUT2D eigenvalue weighted by Crippen LogP contribution is 2.22. The topological polar surface area (TPSA) is 59.4 Å². The third-order valence-electron chi connectivity index (χ3n) is 2.47. The van der Waals surface area contributed by atoms with Crippen LogP contribution in [0.4, 0.5) is 0 Å². The molecule has 4 nitrogen and oxygen atoms in total. The summed E-state index contributed by atoms with van der Waals surface area (Å²) in [6.45, 7) is 2.18. The Morgan fingerprint density at radius 2 is 2.22 bits per heavy atom. The third kappa shape index (κ3) is 2.48. The van der Waals surface area contributed by atoms with Gasteiger partial charge >= 0.3 is 5.97 Å². The summed E-state index contributed by atoms with van der Waals surface area (Å²) in [7, 11) is 0. The summed E-state index contributed by atoms with van der Waals surface area (Å²) in [6.07, 6.45) is 3.63. The molecule has 1 aromatic carbocycles. The largest absolute Gasteiger partial charge is 0.477 e. The summed E-state index contributed by atoms with van der Waals surface area (Å²) in [5.41, 5.74) is 0.802. The Balaban J connectivity index is 2.47. The first-order chi connectivity index (χ1) is 8.72. The van der Waals surface area contributed by atoms with Crippen molar-refractivity contribution in [1.29, 1.82) is 0 Å². The van der Waals surface area contributed by atoms with E-state index in [2.05, 4.69) is 4.98 Å². The molecular formula is C14H13NO3. The molecule has 0 radical (unpaired) electrons. The van der Waals surface area contributed by atoms with Crippen LogP contribution in [-0.4, -0.2) is 22.7 Å². The lowest BCUT2D eigenvalue weighted by atomic mass is 10.1. The van der Waals surface area contributed by atoms with Gasteiger partial charge in [0.15, 0.2) is 0 Å². The van der Waals surface area contributed by atoms with Crippen molar-refractivity contribution in [3.05, 3.63) is 48.0 Å². The molecule has 4 heteroatoms. The Morgan fingerprint density at radius 1 is 1.44 bits per heavy atom. The van der Waals surface area contributed by atoms with Crippen molar-refractivity contribution in [2.24, 2.45) is 0 Å². The van der Waals surface area contributed by atoms with E-state index in [1.165, 1.54) is 0 Å². The molecule has 2 rings (SSSR count). The van der Waals surface area contributed by atoms with E-state index in [9.17, 15) is 4.79 Å². The summed E-state index contributed by atoms with van der Waals surface area (Å²) >= 11 is 0. The number of carboxylic acid groups (broad SMARTS) is 1. The summed E-state index contributed by atoms with van der Waals surface area (Å²) in [5.74, 6) is -0.886. The Labute approximate surface area is 105 Å². The minimum atomic E-state index is -1.04. The van der Waals surface area contributed by atoms with Gasteiger partial charge in [0, 0.05) is 5.39 Å². The number of hydrogen-bond acceptors (Lipinski definition) is 3. The lowest BCUT2D eigenvalue weighted by Crippen LogP contribution is -2.05. The molecule has 0 spiro atoms. The first-order valence-corrected chi connectivity index (χ1v) is 5.59. The highest BCUT2D eigenvalue weighted by molar-refractivity contribution is 5.95. The lowest BCUT2D eigenvalue weighted by Gasteiger charge is -2.07. The highest BCUT2D eigenvalue weighted by atomic mass is 16.5. The van der Waals surface area contributed by atoms with Gasteiger partial charge in [-0.05, 0) is 19.1 Å². The van der Waals surface area contributed by atoms with Crippen LogP contribution >= 0.6 is 0 Å². The molecule has 1 aromatic heterocycles. The van der Waals surface area contributed by atoms with Gasteiger partial charge < -0.3 is 9.84 Å². The van der Waals surface area contributed by atoms with Crippen LogP contribution in [0, 0.1) is 0 Å². The molecule has 0 aliphatic heterocycles. The van der Waals surface area contributed by atoms with Gasteiger partial charge in [0.25, 0.3) is 0 Å². The predicted octanol–water partition coefficient (Wildman–Crippen LogP) is 2.89. The van der Waals surface area contributed by atoms with Crippen molar-refractivity contribution in [1.82, 2.24) is 4.98 Å². The molecule has 0 amide bonds. The maximum atomic E-state index is 11.2. The van der Waals surface area contributed by atoms with Gasteiger partial charge in [-0.15, -0.1) is 0 Å². The predicted molar refractivity (Wildman–Crippen MR) is 69.0 cm³/mol. The zero-order valence-corrected chi connectivity index (χ0v) is 9.96. The number of carboxylic acids is 1. The molecule has 0 aliphatic rings. The van der Waals surface area contributed by atoms with Crippen LogP contribution < -0.4 is 4.74 Å². The van der Waals surface area contributed by atoms with E-state index >= 15 is 0 Å². The molecule has 18 heavy (non-hydrogen) atoms. The van der Waals surface area contributed by atoms with Crippen LogP contribution in [0.1, 0.15) is 17.3 Å². The van der Waals surface area contributed by atoms with Gasteiger partial charge in [0.05, 0.1) is 5.52 Å². The van der Waals surface area contributed by atoms with Crippen LogP contribution in [0.5, 0.6) is 5.88 Å². The normalized spacial score (nSPS) is 10.9. The zero-order valence-electron chi connectivity index (χ0n) is 9.96. The summed E-state index contributed by atoms with van der Waals surface area (Å²) in [6, 6.07) is 8.92. The number of aromatic carboxylic acids is 1. The van der Waals surface area contributed by atoms with E-state index in [4.69, 9.17) is 9.84 Å². The molecule has 0 unspecified atom stereocenters. The highest BCUT2D eigenvalue weighted by Gasteiger charge is 2.14. The molecule has 1 heterocycles. The number of aromatic nitrogens is 1. The van der Waals surface area contributed by atoms with E-state index in [1.807, 2.05) is 37.3 Å². The van der Waals surface area contributed by atoms with Crippen molar-refractivity contribution >= 4 is 16.9 Å². The van der Waals surface area contributed by atoms with Gasteiger partial charge in [-0.2, -0.15) is 0 Å². The first kappa shape index (κ1) is 12.1. The summed E-state index contributed by atoms with van der Waals surface area (Å²) in [4.78, 5) is 15.4. The van der Waals surface area contributed by atoms with Crippen molar-refractivity contribution in [3.63, 3.8) is 0 Å². The molecule has 0 saturated heterocycles. The average molecular weight is 243 g/mol.